The third-order valence-corrected chi connectivity index (χ3v) is 5.95. The van der Waals surface area contributed by atoms with Gasteiger partial charge in [0.05, 0.1) is 6.33 Å². The molecule has 0 spiro atoms. The smallest absolute Gasteiger partial charge is 0.262 e. The van der Waals surface area contributed by atoms with Crippen molar-refractivity contribution in [2.24, 2.45) is 7.05 Å². The highest BCUT2D eigenvalue weighted by Crippen LogP contribution is 2.32. The average Bonchev–Trinajstić information content (AvgIpc) is 3.25. The van der Waals surface area contributed by atoms with Gasteiger partial charge < -0.3 is 4.57 Å². The lowest BCUT2D eigenvalue weighted by molar-refractivity contribution is 0.469. The van der Waals surface area contributed by atoms with E-state index in [-0.39, 0.29) is 10.9 Å². The number of sulfonamides is 1. The van der Waals surface area contributed by atoms with Gasteiger partial charge in [-0.1, -0.05) is 0 Å². The maximum absolute atomic E-state index is 12.6. The number of pyridine rings is 1. The lowest BCUT2D eigenvalue weighted by Crippen LogP contribution is -2.29. The van der Waals surface area contributed by atoms with E-state index < -0.39 is 10.0 Å². The Morgan fingerprint density at radius 3 is 3.00 bits per heavy atom. The van der Waals surface area contributed by atoms with E-state index in [9.17, 15) is 8.42 Å². The minimum atomic E-state index is -3.54. The summed E-state index contributed by atoms with van der Waals surface area (Å²) >= 11 is 0. The van der Waals surface area contributed by atoms with E-state index in [1.54, 1.807) is 17.8 Å². The third-order valence-electron chi connectivity index (χ3n) is 4.20. The third kappa shape index (κ3) is 2.32. The second kappa shape index (κ2) is 5.14. The summed E-state index contributed by atoms with van der Waals surface area (Å²) in [6, 6.07) is 3.82. The van der Waals surface area contributed by atoms with Gasteiger partial charge in [-0.05, 0) is 18.6 Å². The zero-order valence-corrected chi connectivity index (χ0v) is 13.4. The number of imidazole rings is 1. The van der Waals surface area contributed by atoms with Gasteiger partial charge in [-0.15, -0.1) is 0 Å². The van der Waals surface area contributed by atoms with Gasteiger partial charge in [-0.3, -0.25) is 5.10 Å². The summed E-state index contributed by atoms with van der Waals surface area (Å²) in [6.45, 7) is 0.898. The van der Waals surface area contributed by atoms with Crippen LogP contribution in [0.1, 0.15) is 18.0 Å². The quantitative estimate of drug-likeness (QED) is 0.767. The maximum Gasteiger partial charge on any atom is 0.262 e. The van der Waals surface area contributed by atoms with Crippen molar-refractivity contribution in [1.29, 1.82) is 0 Å². The lowest BCUT2D eigenvalue weighted by atomic mass is 10.0. The van der Waals surface area contributed by atoms with Gasteiger partial charge in [0.15, 0.2) is 10.7 Å². The molecular formula is C14H16N6O2S. The number of fused-ring (bicyclic) bond motifs is 1. The summed E-state index contributed by atoms with van der Waals surface area (Å²) in [6.07, 6.45) is 5.46. The summed E-state index contributed by atoms with van der Waals surface area (Å²) < 4.78 is 28.4. The molecule has 1 N–H and O–H groups in total. The van der Waals surface area contributed by atoms with Crippen LogP contribution in [0.25, 0.3) is 11.0 Å². The summed E-state index contributed by atoms with van der Waals surface area (Å²) in [4.78, 5) is 8.18. The van der Waals surface area contributed by atoms with Crippen molar-refractivity contribution in [2.45, 2.75) is 17.4 Å². The minimum absolute atomic E-state index is 0.0858. The van der Waals surface area contributed by atoms with E-state index in [2.05, 4.69) is 20.2 Å². The fraction of sp³-hybridized carbons (Fsp3) is 0.357. The van der Waals surface area contributed by atoms with Gasteiger partial charge in [-0.2, -0.15) is 9.40 Å². The van der Waals surface area contributed by atoms with Crippen LogP contribution in [0.4, 0.5) is 0 Å². The molecule has 1 fully saturated rings. The summed E-state index contributed by atoms with van der Waals surface area (Å²) in [5.41, 5.74) is 1.61. The Labute approximate surface area is 133 Å². The van der Waals surface area contributed by atoms with Crippen LogP contribution in [-0.2, 0) is 17.1 Å². The predicted molar refractivity (Wildman–Crippen MR) is 83.2 cm³/mol. The van der Waals surface area contributed by atoms with Crippen LogP contribution in [0.15, 0.2) is 35.9 Å². The van der Waals surface area contributed by atoms with Gasteiger partial charge in [0.2, 0.25) is 0 Å². The van der Waals surface area contributed by atoms with Crippen molar-refractivity contribution in [1.82, 2.24) is 29.0 Å². The summed E-state index contributed by atoms with van der Waals surface area (Å²) in [5, 5.41) is 8.26. The second-order valence-corrected chi connectivity index (χ2v) is 7.62. The van der Waals surface area contributed by atoms with Crippen LogP contribution < -0.4 is 0 Å². The van der Waals surface area contributed by atoms with Crippen LogP contribution in [0, 0.1) is 0 Å². The number of nitrogens with one attached hydrogen (secondary N) is 1. The topological polar surface area (TPSA) is 96.8 Å². The Morgan fingerprint density at radius 1 is 1.35 bits per heavy atom. The Hall–Kier alpha value is -2.26. The van der Waals surface area contributed by atoms with Crippen molar-refractivity contribution in [3.05, 3.63) is 36.5 Å². The molecule has 1 atom stereocenters. The molecule has 23 heavy (non-hydrogen) atoms. The van der Waals surface area contributed by atoms with E-state index in [0.29, 0.717) is 18.7 Å². The zero-order valence-electron chi connectivity index (χ0n) is 12.5. The maximum atomic E-state index is 12.6. The number of aromatic amines is 1. The van der Waals surface area contributed by atoms with Gasteiger partial charge >= 0.3 is 0 Å². The van der Waals surface area contributed by atoms with Crippen LogP contribution in [-0.4, -0.2) is 50.5 Å². The molecular weight excluding hydrogens is 316 g/mol. The first-order chi connectivity index (χ1) is 11.1. The first-order valence-corrected chi connectivity index (χ1v) is 8.77. The Balaban J connectivity index is 1.62. The first-order valence-electron chi connectivity index (χ1n) is 7.33. The second-order valence-electron chi connectivity index (χ2n) is 5.74. The molecule has 0 amide bonds. The Morgan fingerprint density at radius 2 is 2.22 bits per heavy atom. The van der Waals surface area contributed by atoms with Crippen LogP contribution in [0.3, 0.4) is 0 Å². The number of hydrogen-bond donors (Lipinski definition) is 1. The molecule has 0 unspecified atom stereocenters. The van der Waals surface area contributed by atoms with Crippen molar-refractivity contribution in [3.8, 4) is 0 Å². The SMILES string of the molecule is Cn1cnc(S(=O)(=O)N2CC[C@@H](c3[nH]nc4ncccc34)C2)c1. The standard InChI is InChI=1S/C14H16N6O2S/c1-19-8-12(16-9-19)23(21,22)20-6-4-10(7-20)13-11-3-2-5-15-14(11)18-17-13/h2-3,5,8-10H,4,6-7H2,1H3,(H,15,17,18)/t10-/m1/s1. The fourth-order valence-electron chi connectivity index (χ4n) is 3.02. The van der Waals surface area contributed by atoms with Gasteiger partial charge in [0, 0.05) is 49.5 Å². The highest BCUT2D eigenvalue weighted by atomic mass is 32.2. The van der Waals surface area contributed by atoms with Crippen molar-refractivity contribution < 1.29 is 8.42 Å². The van der Waals surface area contributed by atoms with Crippen LogP contribution in [0.5, 0.6) is 0 Å². The van der Waals surface area contributed by atoms with E-state index in [4.69, 9.17) is 0 Å². The average molecular weight is 332 g/mol. The highest BCUT2D eigenvalue weighted by molar-refractivity contribution is 7.89. The minimum Gasteiger partial charge on any atom is -0.339 e. The normalized spacial score (nSPS) is 19.6. The molecule has 0 radical (unpaired) electrons. The molecule has 3 aromatic rings. The molecule has 1 aliphatic rings. The number of aryl methyl sites for hydroxylation is 1. The Bertz CT molecular complexity index is 960. The van der Waals surface area contributed by atoms with Gasteiger partial charge in [0.1, 0.15) is 0 Å². The number of hydrogen-bond acceptors (Lipinski definition) is 5. The Kier molecular flexibility index (Phi) is 3.20. The summed E-state index contributed by atoms with van der Waals surface area (Å²) in [7, 11) is -1.79. The molecule has 8 nitrogen and oxygen atoms in total. The van der Waals surface area contributed by atoms with E-state index in [1.807, 2.05) is 12.1 Å². The molecule has 1 aliphatic heterocycles. The molecule has 1 saturated heterocycles. The zero-order chi connectivity index (χ0) is 16.0. The molecule has 0 aliphatic carbocycles. The number of nitrogens with zero attached hydrogens (tertiary/aromatic N) is 5. The van der Waals surface area contributed by atoms with E-state index >= 15 is 0 Å². The van der Waals surface area contributed by atoms with E-state index in [0.717, 1.165) is 17.5 Å². The molecule has 3 aromatic heterocycles. The number of H-pyrrole nitrogens is 1. The highest BCUT2D eigenvalue weighted by Gasteiger charge is 2.35. The van der Waals surface area contributed by atoms with Gasteiger partial charge in [-0.25, -0.2) is 18.4 Å². The van der Waals surface area contributed by atoms with Crippen molar-refractivity contribution >= 4 is 21.1 Å². The molecule has 0 bridgehead atoms. The van der Waals surface area contributed by atoms with Crippen LogP contribution in [0.2, 0.25) is 0 Å². The lowest BCUT2D eigenvalue weighted by Gasteiger charge is -2.14. The molecule has 4 rings (SSSR count). The predicted octanol–water partition coefficient (Wildman–Crippen LogP) is 0.870. The van der Waals surface area contributed by atoms with Crippen LogP contribution >= 0.6 is 0 Å². The molecule has 0 saturated carbocycles. The fourth-order valence-corrected chi connectivity index (χ4v) is 4.48. The van der Waals surface area contributed by atoms with E-state index in [1.165, 1.54) is 16.8 Å². The monoisotopic (exact) mass is 332 g/mol. The molecule has 120 valence electrons. The van der Waals surface area contributed by atoms with Crippen molar-refractivity contribution in [2.75, 3.05) is 13.1 Å². The first kappa shape index (κ1) is 14.3. The largest absolute Gasteiger partial charge is 0.339 e. The van der Waals surface area contributed by atoms with Gasteiger partial charge in [0.25, 0.3) is 10.0 Å². The number of rotatable bonds is 3. The molecule has 4 heterocycles. The molecule has 9 heteroatoms. The molecule has 0 aromatic carbocycles. The summed E-state index contributed by atoms with van der Waals surface area (Å²) in [5.74, 6) is 0.0858. The van der Waals surface area contributed by atoms with Crippen molar-refractivity contribution in [3.63, 3.8) is 0 Å². The number of aromatic nitrogens is 5.